The molecular formula is C21H19ClN4O2. The maximum absolute atomic E-state index is 12.8. The number of hydrogen-bond acceptors (Lipinski definition) is 3. The van der Waals surface area contributed by atoms with Crippen LogP contribution in [0.3, 0.4) is 0 Å². The predicted molar refractivity (Wildman–Crippen MR) is 107 cm³/mol. The number of nitrogens with zero attached hydrogens (tertiary/aromatic N) is 4. The van der Waals surface area contributed by atoms with Gasteiger partial charge < -0.3 is 9.80 Å². The molecule has 1 aliphatic rings. The van der Waals surface area contributed by atoms with Crippen LogP contribution in [0.2, 0.25) is 5.02 Å². The lowest BCUT2D eigenvalue weighted by Crippen LogP contribution is -2.50. The lowest BCUT2D eigenvalue weighted by molar-refractivity contribution is 0.0535. The molecule has 0 saturated carbocycles. The zero-order valence-electron chi connectivity index (χ0n) is 15.2. The fourth-order valence-electron chi connectivity index (χ4n) is 3.28. The first-order valence-corrected chi connectivity index (χ1v) is 9.44. The average Bonchev–Trinajstić information content (AvgIpc) is 3.28. The van der Waals surface area contributed by atoms with Crippen LogP contribution in [0.1, 0.15) is 20.7 Å². The van der Waals surface area contributed by atoms with Gasteiger partial charge in [-0.25, -0.2) is 4.68 Å². The summed E-state index contributed by atoms with van der Waals surface area (Å²) >= 11 is 5.98. The molecule has 0 spiro atoms. The summed E-state index contributed by atoms with van der Waals surface area (Å²) in [6.07, 6.45) is 3.57. The van der Waals surface area contributed by atoms with Crippen molar-refractivity contribution in [3.63, 3.8) is 0 Å². The van der Waals surface area contributed by atoms with Crippen molar-refractivity contribution in [1.29, 1.82) is 0 Å². The van der Waals surface area contributed by atoms with E-state index in [0.29, 0.717) is 42.3 Å². The zero-order chi connectivity index (χ0) is 19.5. The topological polar surface area (TPSA) is 58.4 Å². The summed E-state index contributed by atoms with van der Waals surface area (Å²) in [5, 5.41) is 4.72. The standard InChI is InChI=1S/C21H19ClN4O2/c22-18-4-1-3-17(15-18)21(28)25-13-11-24(12-14-25)20(27)16-5-7-19(8-6-16)26-10-2-9-23-26/h1-10,15H,11-14H2. The maximum atomic E-state index is 12.8. The van der Waals surface area contributed by atoms with E-state index < -0.39 is 0 Å². The summed E-state index contributed by atoms with van der Waals surface area (Å²) in [6, 6.07) is 16.2. The summed E-state index contributed by atoms with van der Waals surface area (Å²) in [5.41, 5.74) is 2.10. The lowest BCUT2D eigenvalue weighted by atomic mass is 10.1. The van der Waals surface area contributed by atoms with E-state index in [4.69, 9.17) is 11.6 Å². The quantitative estimate of drug-likeness (QED) is 0.685. The molecule has 142 valence electrons. The molecular weight excluding hydrogens is 376 g/mol. The largest absolute Gasteiger partial charge is 0.335 e. The summed E-state index contributed by atoms with van der Waals surface area (Å²) < 4.78 is 1.74. The highest BCUT2D eigenvalue weighted by Crippen LogP contribution is 2.16. The van der Waals surface area contributed by atoms with Gasteiger partial charge in [0.1, 0.15) is 0 Å². The Bertz CT molecular complexity index is 978. The molecule has 1 aromatic heterocycles. The zero-order valence-corrected chi connectivity index (χ0v) is 15.9. The van der Waals surface area contributed by atoms with Crippen LogP contribution < -0.4 is 0 Å². The van der Waals surface area contributed by atoms with Crippen LogP contribution in [0.5, 0.6) is 0 Å². The molecule has 0 unspecified atom stereocenters. The van der Waals surface area contributed by atoms with Gasteiger partial charge in [0.15, 0.2) is 0 Å². The Kier molecular flexibility index (Phi) is 5.12. The number of piperazine rings is 1. The Hall–Kier alpha value is -3.12. The number of carbonyl (C=O) groups is 2. The number of halogens is 1. The molecule has 0 aliphatic carbocycles. The van der Waals surface area contributed by atoms with E-state index in [1.807, 2.05) is 36.5 Å². The third-order valence-electron chi connectivity index (χ3n) is 4.81. The van der Waals surface area contributed by atoms with Gasteiger partial charge in [0.2, 0.25) is 0 Å². The van der Waals surface area contributed by atoms with Crippen molar-refractivity contribution in [3.05, 3.63) is 83.1 Å². The van der Waals surface area contributed by atoms with E-state index in [0.717, 1.165) is 5.69 Å². The molecule has 6 nitrogen and oxygen atoms in total. The van der Waals surface area contributed by atoms with Gasteiger partial charge in [-0.15, -0.1) is 0 Å². The van der Waals surface area contributed by atoms with Crippen LogP contribution in [-0.2, 0) is 0 Å². The minimum absolute atomic E-state index is 0.0260. The summed E-state index contributed by atoms with van der Waals surface area (Å²) in [6.45, 7) is 2.02. The van der Waals surface area contributed by atoms with E-state index >= 15 is 0 Å². The first-order chi connectivity index (χ1) is 13.6. The van der Waals surface area contributed by atoms with Gasteiger partial charge in [-0.2, -0.15) is 5.10 Å². The number of rotatable bonds is 3. The minimum Gasteiger partial charge on any atom is -0.335 e. The Morgan fingerprint density at radius 1 is 0.821 bits per heavy atom. The molecule has 1 aliphatic heterocycles. The van der Waals surface area contributed by atoms with Crippen LogP contribution in [0.15, 0.2) is 67.0 Å². The minimum atomic E-state index is -0.0572. The molecule has 1 fully saturated rings. The molecule has 4 rings (SSSR count). The van der Waals surface area contributed by atoms with Gasteiger partial charge in [0.05, 0.1) is 5.69 Å². The number of amides is 2. The second kappa shape index (κ2) is 7.86. The number of benzene rings is 2. The number of carbonyl (C=O) groups excluding carboxylic acids is 2. The molecule has 1 saturated heterocycles. The molecule has 2 aromatic carbocycles. The van der Waals surface area contributed by atoms with Crippen molar-refractivity contribution in [2.45, 2.75) is 0 Å². The van der Waals surface area contributed by atoms with Crippen molar-refractivity contribution < 1.29 is 9.59 Å². The van der Waals surface area contributed by atoms with Crippen LogP contribution in [0.4, 0.5) is 0 Å². The molecule has 2 amide bonds. The van der Waals surface area contributed by atoms with Gasteiger partial charge in [0, 0.05) is 54.7 Å². The highest BCUT2D eigenvalue weighted by Gasteiger charge is 2.25. The van der Waals surface area contributed by atoms with Crippen molar-refractivity contribution >= 4 is 23.4 Å². The molecule has 0 atom stereocenters. The van der Waals surface area contributed by atoms with Gasteiger partial charge in [-0.1, -0.05) is 17.7 Å². The normalized spacial score (nSPS) is 14.2. The second-order valence-corrected chi connectivity index (χ2v) is 7.03. The van der Waals surface area contributed by atoms with Gasteiger partial charge in [-0.05, 0) is 48.5 Å². The molecule has 3 aromatic rings. The fourth-order valence-corrected chi connectivity index (χ4v) is 3.47. The fraction of sp³-hybridized carbons (Fsp3) is 0.190. The Morgan fingerprint density at radius 3 is 2.04 bits per heavy atom. The van der Waals surface area contributed by atoms with Crippen molar-refractivity contribution in [2.24, 2.45) is 0 Å². The number of aromatic nitrogens is 2. The Morgan fingerprint density at radius 2 is 1.46 bits per heavy atom. The SMILES string of the molecule is O=C(c1ccc(-n2cccn2)cc1)N1CCN(C(=O)c2cccc(Cl)c2)CC1. The summed E-state index contributed by atoms with van der Waals surface area (Å²) in [7, 11) is 0. The van der Waals surface area contributed by atoms with Crippen LogP contribution in [-0.4, -0.2) is 57.6 Å². The van der Waals surface area contributed by atoms with E-state index in [1.54, 1.807) is 44.9 Å². The Labute approximate surface area is 167 Å². The van der Waals surface area contributed by atoms with Gasteiger partial charge >= 0.3 is 0 Å². The van der Waals surface area contributed by atoms with E-state index in [9.17, 15) is 9.59 Å². The van der Waals surface area contributed by atoms with E-state index in [1.165, 1.54) is 0 Å². The average molecular weight is 395 g/mol. The van der Waals surface area contributed by atoms with Crippen molar-refractivity contribution in [2.75, 3.05) is 26.2 Å². The van der Waals surface area contributed by atoms with Gasteiger partial charge in [-0.3, -0.25) is 9.59 Å². The highest BCUT2D eigenvalue weighted by atomic mass is 35.5. The molecule has 7 heteroatoms. The molecule has 0 bridgehead atoms. The second-order valence-electron chi connectivity index (χ2n) is 6.59. The summed E-state index contributed by atoms with van der Waals surface area (Å²) in [5.74, 6) is -0.0833. The predicted octanol–water partition coefficient (Wildman–Crippen LogP) is 3.12. The molecule has 2 heterocycles. The van der Waals surface area contributed by atoms with Crippen molar-refractivity contribution in [3.8, 4) is 5.69 Å². The molecule has 0 N–H and O–H groups in total. The highest BCUT2D eigenvalue weighted by molar-refractivity contribution is 6.30. The molecule has 0 radical (unpaired) electrons. The monoisotopic (exact) mass is 394 g/mol. The lowest BCUT2D eigenvalue weighted by Gasteiger charge is -2.35. The smallest absolute Gasteiger partial charge is 0.254 e. The van der Waals surface area contributed by atoms with Crippen molar-refractivity contribution in [1.82, 2.24) is 19.6 Å². The summed E-state index contributed by atoms with van der Waals surface area (Å²) in [4.78, 5) is 28.9. The maximum Gasteiger partial charge on any atom is 0.254 e. The Balaban J connectivity index is 1.38. The third kappa shape index (κ3) is 3.77. The first kappa shape index (κ1) is 18.3. The van der Waals surface area contributed by atoms with Crippen LogP contribution in [0.25, 0.3) is 5.69 Å². The van der Waals surface area contributed by atoms with Gasteiger partial charge in [0.25, 0.3) is 11.8 Å². The van der Waals surface area contributed by atoms with Crippen LogP contribution in [0, 0.1) is 0 Å². The first-order valence-electron chi connectivity index (χ1n) is 9.06. The molecule has 28 heavy (non-hydrogen) atoms. The van der Waals surface area contributed by atoms with Crippen LogP contribution >= 0.6 is 11.6 Å². The third-order valence-corrected chi connectivity index (χ3v) is 5.04. The van der Waals surface area contributed by atoms with E-state index in [2.05, 4.69) is 5.10 Å². The van der Waals surface area contributed by atoms with E-state index in [-0.39, 0.29) is 11.8 Å². The number of hydrogen-bond donors (Lipinski definition) is 0.